The van der Waals surface area contributed by atoms with Gasteiger partial charge in [-0.05, 0) is 74.5 Å². The summed E-state index contributed by atoms with van der Waals surface area (Å²) in [6, 6.07) is 17.3. The Kier molecular flexibility index (Phi) is 8.08. The summed E-state index contributed by atoms with van der Waals surface area (Å²) >= 11 is 6.15. The Hall–Kier alpha value is -4.63. The van der Waals surface area contributed by atoms with Gasteiger partial charge in [-0.2, -0.15) is 0 Å². The molecule has 0 unspecified atom stereocenters. The van der Waals surface area contributed by atoms with Gasteiger partial charge in [-0.1, -0.05) is 29.3 Å². The number of halogens is 1. The molecule has 1 heterocycles. The van der Waals surface area contributed by atoms with E-state index in [1.807, 2.05) is 26.0 Å². The van der Waals surface area contributed by atoms with Crippen LogP contribution in [0, 0.1) is 6.92 Å². The fraction of sp³-hybridized carbons (Fsp3) is 0.143. The van der Waals surface area contributed by atoms with E-state index in [0.717, 1.165) is 10.5 Å². The number of carbonyl (C=O) groups is 4. The van der Waals surface area contributed by atoms with Crippen molar-refractivity contribution >= 4 is 52.8 Å². The first-order valence-electron chi connectivity index (χ1n) is 11.7. The van der Waals surface area contributed by atoms with E-state index in [1.54, 1.807) is 30.3 Å². The van der Waals surface area contributed by atoms with Crippen molar-refractivity contribution in [2.24, 2.45) is 0 Å². The molecule has 0 aliphatic carbocycles. The van der Waals surface area contributed by atoms with Gasteiger partial charge in [0.1, 0.15) is 17.1 Å². The van der Waals surface area contributed by atoms with E-state index in [1.165, 1.54) is 30.3 Å². The minimum Gasteiger partial charge on any atom is -0.494 e. The zero-order valence-corrected chi connectivity index (χ0v) is 21.4. The lowest BCUT2D eigenvalue weighted by Gasteiger charge is -2.26. The van der Waals surface area contributed by atoms with E-state index in [4.69, 9.17) is 21.1 Å². The fourth-order valence-corrected chi connectivity index (χ4v) is 3.83. The molecule has 5 amide bonds. The number of barbiturate groups is 1. The maximum atomic E-state index is 13.3. The Morgan fingerprint density at radius 3 is 2.39 bits per heavy atom. The minimum atomic E-state index is -0.878. The minimum absolute atomic E-state index is 0.214. The first kappa shape index (κ1) is 26.4. The first-order valence-corrected chi connectivity index (χ1v) is 12.1. The van der Waals surface area contributed by atoms with Gasteiger partial charge in [-0.3, -0.25) is 19.7 Å². The highest BCUT2D eigenvalue weighted by Gasteiger charge is 2.37. The number of benzene rings is 3. The van der Waals surface area contributed by atoms with E-state index in [2.05, 4.69) is 10.6 Å². The predicted octanol–water partition coefficient (Wildman–Crippen LogP) is 4.73. The van der Waals surface area contributed by atoms with Crippen LogP contribution >= 0.6 is 11.6 Å². The van der Waals surface area contributed by atoms with Crippen molar-refractivity contribution in [3.05, 3.63) is 88.5 Å². The number of aryl methyl sites for hydroxylation is 1. The van der Waals surface area contributed by atoms with Crippen LogP contribution in [0.4, 0.5) is 16.2 Å². The molecule has 38 heavy (non-hydrogen) atoms. The van der Waals surface area contributed by atoms with Crippen LogP contribution in [0.5, 0.6) is 11.5 Å². The Morgan fingerprint density at radius 2 is 1.71 bits per heavy atom. The van der Waals surface area contributed by atoms with Crippen molar-refractivity contribution in [2.75, 3.05) is 23.4 Å². The van der Waals surface area contributed by atoms with Crippen LogP contribution < -0.4 is 25.0 Å². The van der Waals surface area contributed by atoms with Gasteiger partial charge >= 0.3 is 6.03 Å². The molecule has 0 radical (unpaired) electrons. The normalized spacial score (nSPS) is 14.3. The SMILES string of the molecule is CCOc1ccc(N2C(=O)NC(=O)/C(=C\c3cc(Cl)ccc3OCC(=O)Nc3ccc(C)cc3)C2=O)cc1. The van der Waals surface area contributed by atoms with Gasteiger partial charge in [0.25, 0.3) is 17.7 Å². The molecule has 3 aromatic rings. The third kappa shape index (κ3) is 6.19. The van der Waals surface area contributed by atoms with Crippen LogP contribution in [0.3, 0.4) is 0 Å². The van der Waals surface area contributed by atoms with Crippen LogP contribution in [0.15, 0.2) is 72.3 Å². The lowest BCUT2D eigenvalue weighted by Crippen LogP contribution is -2.54. The summed E-state index contributed by atoms with van der Waals surface area (Å²) in [7, 11) is 0. The largest absolute Gasteiger partial charge is 0.494 e. The number of anilines is 2. The average molecular weight is 534 g/mol. The molecule has 10 heteroatoms. The first-order chi connectivity index (χ1) is 18.2. The van der Waals surface area contributed by atoms with Crippen LogP contribution in [-0.4, -0.2) is 37.0 Å². The molecule has 9 nitrogen and oxygen atoms in total. The number of ether oxygens (including phenoxy) is 2. The van der Waals surface area contributed by atoms with Gasteiger partial charge in [0, 0.05) is 16.3 Å². The van der Waals surface area contributed by atoms with Crippen LogP contribution in [0.2, 0.25) is 5.02 Å². The molecule has 0 spiro atoms. The standard InChI is InChI=1S/C28H24ClN3O6/c1-3-37-22-11-9-21(10-12-22)32-27(35)23(26(34)31-28(32)36)15-18-14-19(29)6-13-24(18)38-16-25(33)30-20-7-4-17(2)5-8-20/h4-15H,3,16H2,1-2H3,(H,30,33)(H,31,34,36)/b23-15+. The quantitative estimate of drug-likeness (QED) is 0.319. The molecule has 3 aromatic carbocycles. The highest BCUT2D eigenvalue weighted by molar-refractivity contribution is 6.39. The van der Waals surface area contributed by atoms with Gasteiger partial charge in [-0.15, -0.1) is 0 Å². The van der Waals surface area contributed by atoms with Gasteiger partial charge in [0.2, 0.25) is 0 Å². The lowest BCUT2D eigenvalue weighted by atomic mass is 10.1. The fourth-order valence-electron chi connectivity index (χ4n) is 3.65. The number of nitrogens with one attached hydrogen (secondary N) is 2. The molecule has 1 aliphatic rings. The monoisotopic (exact) mass is 533 g/mol. The van der Waals surface area contributed by atoms with Gasteiger partial charge in [-0.25, -0.2) is 9.69 Å². The second kappa shape index (κ2) is 11.6. The Morgan fingerprint density at radius 1 is 1.00 bits per heavy atom. The number of nitrogens with zero attached hydrogens (tertiary/aromatic N) is 1. The summed E-state index contributed by atoms with van der Waals surface area (Å²) in [6.45, 7) is 3.91. The van der Waals surface area contributed by atoms with Crippen LogP contribution in [0.1, 0.15) is 18.1 Å². The van der Waals surface area contributed by atoms with Crippen molar-refractivity contribution < 1.29 is 28.7 Å². The predicted molar refractivity (Wildman–Crippen MR) is 143 cm³/mol. The van der Waals surface area contributed by atoms with Gasteiger partial charge in [0.05, 0.1) is 12.3 Å². The summed E-state index contributed by atoms with van der Waals surface area (Å²) < 4.78 is 11.1. The van der Waals surface area contributed by atoms with Crippen LogP contribution in [0.25, 0.3) is 6.08 Å². The topological polar surface area (TPSA) is 114 Å². The van der Waals surface area contributed by atoms with E-state index in [9.17, 15) is 19.2 Å². The number of hydrogen-bond donors (Lipinski definition) is 2. The second-order valence-electron chi connectivity index (χ2n) is 8.27. The van der Waals surface area contributed by atoms with Crippen molar-refractivity contribution in [3.8, 4) is 11.5 Å². The molecule has 2 N–H and O–H groups in total. The molecule has 0 saturated carbocycles. The maximum absolute atomic E-state index is 13.3. The summed E-state index contributed by atoms with van der Waals surface area (Å²) in [5.74, 6) is -1.32. The molecule has 0 bridgehead atoms. The van der Waals surface area contributed by atoms with E-state index in [-0.39, 0.29) is 29.2 Å². The smallest absolute Gasteiger partial charge is 0.335 e. The third-order valence-electron chi connectivity index (χ3n) is 5.47. The summed E-state index contributed by atoms with van der Waals surface area (Å²) in [5, 5.41) is 5.22. The summed E-state index contributed by atoms with van der Waals surface area (Å²) in [5.41, 5.74) is 1.90. The average Bonchev–Trinajstić information content (AvgIpc) is 2.88. The zero-order chi connectivity index (χ0) is 27.2. The van der Waals surface area contributed by atoms with Gasteiger partial charge < -0.3 is 14.8 Å². The van der Waals surface area contributed by atoms with Crippen LogP contribution in [-0.2, 0) is 14.4 Å². The molecule has 1 saturated heterocycles. The molecule has 1 aliphatic heterocycles. The number of rotatable bonds is 8. The Balaban J connectivity index is 1.56. The molecule has 0 atom stereocenters. The van der Waals surface area contributed by atoms with Crippen molar-refractivity contribution in [1.29, 1.82) is 0 Å². The second-order valence-corrected chi connectivity index (χ2v) is 8.71. The molecule has 194 valence electrons. The van der Waals surface area contributed by atoms with Crippen molar-refractivity contribution in [2.45, 2.75) is 13.8 Å². The Bertz CT molecular complexity index is 1420. The molecular weight excluding hydrogens is 510 g/mol. The molecule has 0 aromatic heterocycles. The summed E-state index contributed by atoms with van der Waals surface area (Å²) in [6.07, 6.45) is 1.27. The van der Waals surface area contributed by atoms with Crippen molar-refractivity contribution in [1.82, 2.24) is 5.32 Å². The number of imide groups is 2. The Labute approximate surface area is 224 Å². The maximum Gasteiger partial charge on any atom is 0.335 e. The van der Waals surface area contributed by atoms with E-state index >= 15 is 0 Å². The molecular formula is C28H24ClN3O6. The zero-order valence-electron chi connectivity index (χ0n) is 20.6. The lowest BCUT2D eigenvalue weighted by molar-refractivity contribution is -0.122. The van der Waals surface area contributed by atoms with E-state index < -0.39 is 23.8 Å². The van der Waals surface area contributed by atoms with Crippen molar-refractivity contribution in [3.63, 3.8) is 0 Å². The summed E-state index contributed by atoms with van der Waals surface area (Å²) in [4.78, 5) is 51.6. The van der Waals surface area contributed by atoms with E-state index in [0.29, 0.717) is 23.1 Å². The highest BCUT2D eigenvalue weighted by Crippen LogP contribution is 2.28. The molecule has 1 fully saturated rings. The highest BCUT2D eigenvalue weighted by atomic mass is 35.5. The number of amides is 5. The molecule has 4 rings (SSSR count). The number of hydrogen-bond acceptors (Lipinski definition) is 6. The number of urea groups is 1. The van der Waals surface area contributed by atoms with Gasteiger partial charge in [0.15, 0.2) is 6.61 Å². The number of carbonyl (C=O) groups excluding carboxylic acids is 4. The third-order valence-corrected chi connectivity index (χ3v) is 5.71.